The van der Waals surface area contributed by atoms with Crippen molar-refractivity contribution in [3.8, 4) is 0 Å². The first-order chi connectivity index (χ1) is 13.3. The van der Waals surface area contributed by atoms with Crippen LogP contribution in [0.1, 0.15) is 10.3 Å². The molecule has 0 bridgehead atoms. The molecule has 2 rings (SSSR count). The first-order valence-electron chi connectivity index (χ1n) is 7.83. The Morgan fingerprint density at radius 2 is 2.00 bits per heavy atom. The summed E-state index contributed by atoms with van der Waals surface area (Å²) in [6, 6.07) is 0. The highest BCUT2D eigenvalue weighted by atomic mass is 31.3. The van der Waals surface area contributed by atoms with Crippen LogP contribution in [0.3, 0.4) is 0 Å². The van der Waals surface area contributed by atoms with Gasteiger partial charge in [-0.15, -0.1) is 0 Å². The van der Waals surface area contributed by atoms with Crippen molar-refractivity contribution < 1.29 is 60.5 Å². The molecule has 5 atom stereocenters. The van der Waals surface area contributed by atoms with Crippen LogP contribution in [0.25, 0.3) is 0 Å². The summed E-state index contributed by atoms with van der Waals surface area (Å²) in [5, 5.41) is 19.8. The van der Waals surface area contributed by atoms with E-state index in [4.69, 9.17) is 13.9 Å². The zero-order valence-electron chi connectivity index (χ0n) is 15.4. The number of aromatic nitrogens is 2. The number of hydrogen-bond acceptors (Lipinski definition) is 9. The van der Waals surface area contributed by atoms with Crippen LogP contribution in [-0.4, -0.2) is 59.1 Å². The van der Waals surface area contributed by atoms with E-state index in [1.165, 1.54) is 4.98 Å². The highest BCUT2D eigenvalue weighted by Gasteiger charge is 2.57. The number of phosphoric ester groups is 1. The van der Waals surface area contributed by atoms with Gasteiger partial charge in [0.25, 0.3) is 11.4 Å². The number of alkyl halides is 1. The molecule has 14 nitrogen and oxygen atoms in total. The van der Waals surface area contributed by atoms with Crippen LogP contribution in [-0.2, 0) is 22.7 Å². The third-order valence-electron chi connectivity index (χ3n) is 2.83. The Balaban J connectivity index is 2.51. The van der Waals surface area contributed by atoms with E-state index >= 15 is 4.39 Å². The molecule has 1 unspecified atom stereocenters. The molecule has 1 aromatic heterocycles. The smallest absolute Gasteiger partial charge is 0.385 e. The summed E-state index contributed by atoms with van der Waals surface area (Å²) in [6.07, 6.45) is -9.71. The molecule has 1 aliphatic heterocycles. The Labute approximate surface area is 150 Å². The maximum Gasteiger partial charge on any atom is 0.481 e. The average Bonchev–Trinajstić information content (AvgIpc) is 2.70. The second-order valence-corrected chi connectivity index (χ2v) is 7.57. The summed E-state index contributed by atoms with van der Waals surface area (Å²) in [4.78, 5) is 50.4. The summed E-state index contributed by atoms with van der Waals surface area (Å²) in [6.45, 7) is -4.39. The highest BCUT2D eigenvalue weighted by Crippen LogP contribution is 2.58. The maximum absolute atomic E-state index is 15.2. The predicted molar refractivity (Wildman–Crippen MR) is 76.2 cm³/mol. The minimum Gasteiger partial charge on any atom is -0.385 e. The third-order valence-corrected chi connectivity index (χ3v) is 4.83. The van der Waals surface area contributed by atoms with Crippen LogP contribution in [0.15, 0.2) is 15.8 Å². The van der Waals surface area contributed by atoms with Crippen LogP contribution in [0, 0.1) is 5.82 Å². The van der Waals surface area contributed by atoms with Gasteiger partial charge in [0.15, 0.2) is 6.20 Å². The van der Waals surface area contributed by atoms with Gasteiger partial charge < -0.3 is 29.6 Å². The fourth-order valence-corrected chi connectivity index (χ4v) is 3.21. The van der Waals surface area contributed by atoms with Crippen molar-refractivity contribution in [3.05, 3.63) is 32.9 Å². The monoisotopic (exact) mass is 443 g/mol. The number of halogens is 2. The van der Waals surface area contributed by atoms with E-state index in [1.807, 2.05) is 0 Å². The minimum atomic E-state index is -6.10. The van der Waals surface area contributed by atoms with Gasteiger partial charge in [0.05, 0.1) is 10.3 Å². The van der Waals surface area contributed by atoms with Gasteiger partial charge in [-0.05, 0) is 0 Å². The average molecular weight is 443 g/mol. The molecule has 154 valence electrons. The number of aliphatic hydroxyl groups is 2. The molecular weight excluding hydrogens is 428 g/mol. The lowest BCUT2D eigenvalue weighted by Crippen LogP contribution is -2.43. The van der Waals surface area contributed by atoms with Crippen molar-refractivity contribution in [3.63, 3.8) is 0 Å². The first-order valence-corrected chi connectivity index (χ1v) is 9.36. The largest absolute Gasteiger partial charge is 0.481 e. The lowest BCUT2D eigenvalue weighted by Gasteiger charge is -2.23. The summed E-state index contributed by atoms with van der Waals surface area (Å²) in [5.74, 6) is -6.23. The van der Waals surface area contributed by atoms with Crippen molar-refractivity contribution in [1.82, 2.24) is 9.55 Å². The molecule has 0 aromatic carbocycles. The summed E-state index contributed by atoms with van der Waals surface area (Å²) in [7, 11) is -11.9. The summed E-state index contributed by atoms with van der Waals surface area (Å²) >= 11 is 0. The van der Waals surface area contributed by atoms with Gasteiger partial charge in [-0.3, -0.25) is 18.9 Å². The fourth-order valence-electron chi connectivity index (χ4n) is 1.77. The quantitative estimate of drug-likeness (QED) is 0.259. The van der Waals surface area contributed by atoms with Crippen LogP contribution in [0.5, 0.6) is 0 Å². The van der Waals surface area contributed by atoms with Gasteiger partial charge >= 0.3 is 21.3 Å². The molecule has 2 heterocycles. The van der Waals surface area contributed by atoms with Crippen LogP contribution in [0.2, 0.25) is 0 Å². The molecule has 0 radical (unpaired) electrons. The third kappa shape index (κ3) is 4.94. The van der Waals surface area contributed by atoms with E-state index in [2.05, 4.69) is 13.6 Å². The Hall–Kier alpha value is -1.32. The number of phosphoric acid groups is 2. The van der Waals surface area contributed by atoms with Gasteiger partial charge in [0.2, 0.25) is 5.82 Å². The van der Waals surface area contributed by atoms with Crippen molar-refractivity contribution in [2.24, 2.45) is 0 Å². The molecule has 0 aliphatic carbocycles. The predicted octanol–water partition coefficient (Wildman–Crippen LogP) is -2.18. The Morgan fingerprint density at radius 1 is 1.41 bits per heavy atom. The van der Waals surface area contributed by atoms with E-state index in [1.54, 1.807) is 0 Å². The van der Waals surface area contributed by atoms with E-state index in [0.717, 1.165) is 0 Å². The van der Waals surface area contributed by atoms with Crippen molar-refractivity contribution >= 4 is 15.6 Å². The highest BCUT2D eigenvalue weighted by molar-refractivity contribution is 7.60. The molecule has 1 saturated heterocycles. The number of ether oxygens (including phenoxy) is 1. The topological polar surface area (TPSA) is 218 Å². The molecule has 6 N–H and O–H groups in total. The molecule has 18 heteroatoms. The Kier molecular flexibility index (Phi) is 4.77. The second kappa shape index (κ2) is 7.25. The molecule has 0 spiro atoms. The van der Waals surface area contributed by atoms with Gasteiger partial charge in [0.1, 0.15) is 18.8 Å². The molecule has 0 saturated carbocycles. The molecule has 0 amide bonds. The number of hydrogen-bond donors (Lipinski definition) is 6. The SMILES string of the molecule is [2H]C([2H])(OP(=O)(O)OP(=O)(O)O)[C@@]1(F)O[C@@]([2H])(n2cc(F)c(=O)[nH]c2=O)[C@H](O)[C@@H]1O. The second-order valence-electron chi connectivity index (χ2n) is 4.82. The maximum atomic E-state index is 15.2. The Bertz CT molecular complexity index is 1060. The lowest BCUT2D eigenvalue weighted by atomic mass is 10.1. The lowest BCUT2D eigenvalue weighted by molar-refractivity contribution is -0.205. The summed E-state index contributed by atoms with van der Waals surface area (Å²) < 4.78 is 84.3. The molecule has 1 aromatic rings. The molecule has 27 heavy (non-hydrogen) atoms. The van der Waals surface area contributed by atoms with Gasteiger partial charge in [-0.2, -0.15) is 8.70 Å². The van der Waals surface area contributed by atoms with Gasteiger partial charge in [-0.1, -0.05) is 0 Å². The fraction of sp³-hybridized carbons (Fsp3) is 0.556. The van der Waals surface area contributed by atoms with Crippen molar-refractivity contribution in [2.45, 2.75) is 24.3 Å². The zero-order valence-corrected chi connectivity index (χ0v) is 14.2. The van der Waals surface area contributed by atoms with Crippen LogP contribution < -0.4 is 11.2 Å². The minimum absolute atomic E-state index is 0.0416. The standard InChI is InChI=1S/C9H12F2N2O12P2/c10-3-1-13(8(17)12-6(3)16)7-4(14)5(15)9(11,24-7)2-23-27(21,22)25-26(18,19)20/h1,4-5,7,14-15H,2H2,(H,21,22)(H,12,16,17)(H2,18,19,20)/t4-,5+,7-,9-/m1/s1/i2D2,7D. The molecule has 1 fully saturated rings. The van der Waals surface area contributed by atoms with E-state index in [0.29, 0.717) is 0 Å². The molecule has 1 aliphatic rings. The number of rotatable bonds is 6. The Morgan fingerprint density at radius 3 is 2.56 bits per heavy atom. The zero-order chi connectivity index (χ0) is 23.5. The summed E-state index contributed by atoms with van der Waals surface area (Å²) in [5.41, 5.74) is -3.26. The number of nitrogens with zero attached hydrogens (tertiary/aromatic N) is 1. The van der Waals surface area contributed by atoms with E-state index in [-0.39, 0.29) is 10.8 Å². The number of aromatic amines is 1. The number of aliphatic hydroxyl groups excluding tert-OH is 2. The first kappa shape index (κ1) is 17.8. The number of H-pyrrole nitrogens is 1. The van der Waals surface area contributed by atoms with Gasteiger partial charge in [-0.25, -0.2) is 18.3 Å². The number of nitrogens with one attached hydrogen (secondary N) is 1. The van der Waals surface area contributed by atoms with E-state index < -0.39 is 63.5 Å². The molecular formula is C9H12F2N2O12P2. The van der Waals surface area contributed by atoms with Crippen molar-refractivity contribution in [2.75, 3.05) is 6.56 Å². The van der Waals surface area contributed by atoms with Crippen LogP contribution in [0.4, 0.5) is 8.78 Å². The normalized spacial score (nSPS) is 35.9. The van der Waals surface area contributed by atoms with Gasteiger partial charge in [0, 0.05) is 0 Å². The van der Waals surface area contributed by atoms with Crippen LogP contribution >= 0.6 is 15.6 Å². The van der Waals surface area contributed by atoms with E-state index in [9.17, 15) is 38.2 Å². The van der Waals surface area contributed by atoms with Crippen molar-refractivity contribution in [1.29, 1.82) is 0 Å².